The van der Waals surface area contributed by atoms with E-state index < -0.39 is 5.82 Å². The Balaban J connectivity index is 1.24. The largest absolute Gasteiger partial charge is 0.490 e. The zero-order chi connectivity index (χ0) is 18.8. The van der Waals surface area contributed by atoms with Crippen LogP contribution in [0, 0.1) is 17.6 Å². The highest BCUT2D eigenvalue weighted by Crippen LogP contribution is 2.41. The lowest BCUT2D eigenvalue weighted by Crippen LogP contribution is -2.54. The monoisotopic (exact) mass is 373 g/mol. The van der Waals surface area contributed by atoms with Crippen LogP contribution in [0.4, 0.5) is 8.78 Å². The maximum Gasteiger partial charge on any atom is 0.223 e. The van der Waals surface area contributed by atoms with E-state index in [9.17, 15) is 13.6 Å². The molecule has 27 heavy (non-hydrogen) atoms. The molecule has 3 aliphatic rings. The standard InChI is InChI=1S/C20H21F2N3O2/c21-15-7-13(9-23-10-15)11-25-12-14-8-17(25)20(14)24-19(26)5-6-27-18-4-2-1-3-16(18)22/h1-4,7,9-10,14,17,20H,5-6,8,11-12H2,(H,24,26). The number of carbonyl (C=O) groups excluding carboxylic acids is 1. The molecule has 3 heterocycles. The van der Waals surface area contributed by atoms with Crippen LogP contribution in [-0.2, 0) is 11.3 Å². The van der Waals surface area contributed by atoms with E-state index in [1.807, 2.05) is 0 Å². The summed E-state index contributed by atoms with van der Waals surface area (Å²) in [5.74, 6) is -0.284. The van der Waals surface area contributed by atoms with Crippen LogP contribution in [0.5, 0.6) is 5.75 Å². The third kappa shape index (κ3) is 3.93. The van der Waals surface area contributed by atoms with Crippen molar-refractivity contribution in [3.63, 3.8) is 0 Å². The van der Waals surface area contributed by atoms with E-state index in [-0.39, 0.29) is 42.6 Å². The molecular weight excluding hydrogens is 352 g/mol. The topological polar surface area (TPSA) is 54.5 Å². The van der Waals surface area contributed by atoms with Gasteiger partial charge in [-0.15, -0.1) is 0 Å². The lowest BCUT2D eigenvalue weighted by molar-refractivity contribution is -0.123. The number of fused-ring (bicyclic) bond motifs is 1. The number of aromatic nitrogens is 1. The minimum atomic E-state index is -0.433. The van der Waals surface area contributed by atoms with Gasteiger partial charge in [0.1, 0.15) is 5.82 Å². The van der Waals surface area contributed by atoms with E-state index in [0.717, 1.165) is 18.5 Å². The van der Waals surface area contributed by atoms with Gasteiger partial charge < -0.3 is 10.1 Å². The summed E-state index contributed by atoms with van der Waals surface area (Å²) in [5, 5.41) is 3.06. The SMILES string of the molecule is O=C(CCOc1ccccc1F)NC1C2CC1N(Cc1cncc(F)c1)C2. The molecule has 5 nitrogen and oxygen atoms in total. The first-order valence-electron chi connectivity index (χ1n) is 9.10. The number of halogens is 2. The summed E-state index contributed by atoms with van der Waals surface area (Å²) in [5.41, 5.74) is 0.839. The molecule has 1 saturated carbocycles. The molecule has 3 unspecified atom stereocenters. The van der Waals surface area contributed by atoms with Gasteiger partial charge in [0.05, 0.1) is 19.2 Å². The Morgan fingerprint density at radius 3 is 2.96 bits per heavy atom. The maximum absolute atomic E-state index is 13.5. The minimum absolute atomic E-state index is 0.0969. The van der Waals surface area contributed by atoms with Gasteiger partial charge in [-0.25, -0.2) is 8.78 Å². The molecule has 2 aliphatic heterocycles. The Hall–Kier alpha value is -2.54. The lowest BCUT2D eigenvalue weighted by Gasteiger charge is -2.37. The molecule has 0 spiro atoms. The number of hydrogen-bond donors (Lipinski definition) is 1. The average molecular weight is 373 g/mol. The zero-order valence-corrected chi connectivity index (χ0v) is 14.8. The van der Waals surface area contributed by atoms with Gasteiger partial charge in [-0.05, 0) is 36.1 Å². The number of ether oxygens (including phenoxy) is 1. The van der Waals surface area contributed by atoms with E-state index >= 15 is 0 Å². The molecule has 2 bridgehead atoms. The summed E-state index contributed by atoms with van der Waals surface area (Å²) in [6, 6.07) is 8.03. The van der Waals surface area contributed by atoms with Crippen LogP contribution < -0.4 is 10.1 Å². The van der Waals surface area contributed by atoms with Gasteiger partial charge in [-0.2, -0.15) is 0 Å². The number of benzene rings is 1. The van der Waals surface area contributed by atoms with E-state index in [4.69, 9.17) is 4.74 Å². The Morgan fingerprint density at radius 2 is 2.15 bits per heavy atom. The fourth-order valence-electron chi connectivity index (χ4n) is 3.97. The Labute approximate surface area is 156 Å². The zero-order valence-electron chi connectivity index (χ0n) is 14.8. The van der Waals surface area contributed by atoms with Gasteiger partial charge in [0.25, 0.3) is 0 Å². The highest BCUT2D eigenvalue weighted by Gasteiger charge is 2.52. The number of nitrogens with zero attached hydrogens (tertiary/aromatic N) is 2. The van der Waals surface area contributed by atoms with Crippen LogP contribution in [-0.4, -0.2) is 41.0 Å². The molecule has 3 atom stereocenters. The minimum Gasteiger partial charge on any atom is -0.490 e. The van der Waals surface area contributed by atoms with Crippen molar-refractivity contribution in [1.82, 2.24) is 15.2 Å². The molecule has 1 aliphatic carbocycles. The number of para-hydroxylation sites is 1. The third-order valence-electron chi connectivity index (χ3n) is 5.30. The second-order valence-electron chi connectivity index (χ2n) is 7.13. The molecule has 5 rings (SSSR count). The Bertz CT molecular complexity index is 832. The first-order chi connectivity index (χ1) is 13.1. The molecular formula is C20H21F2N3O2. The second-order valence-corrected chi connectivity index (χ2v) is 7.13. The highest BCUT2D eigenvalue weighted by molar-refractivity contribution is 5.76. The van der Waals surface area contributed by atoms with Crippen LogP contribution >= 0.6 is 0 Å². The Kier molecular flexibility index (Phi) is 5.03. The van der Waals surface area contributed by atoms with Crippen LogP contribution in [0.2, 0.25) is 0 Å². The van der Waals surface area contributed by atoms with E-state index in [0.29, 0.717) is 12.5 Å². The number of amides is 1. The fourth-order valence-corrected chi connectivity index (χ4v) is 3.97. The summed E-state index contributed by atoms with van der Waals surface area (Å²) in [4.78, 5) is 18.3. The predicted molar refractivity (Wildman–Crippen MR) is 94.9 cm³/mol. The van der Waals surface area contributed by atoms with Gasteiger partial charge in [0.2, 0.25) is 5.91 Å². The number of pyridine rings is 1. The van der Waals surface area contributed by atoms with Gasteiger partial charge in [0.15, 0.2) is 11.6 Å². The van der Waals surface area contributed by atoms with Gasteiger partial charge >= 0.3 is 0 Å². The van der Waals surface area contributed by atoms with Crippen LogP contribution in [0.25, 0.3) is 0 Å². The van der Waals surface area contributed by atoms with Crippen LogP contribution in [0.1, 0.15) is 18.4 Å². The number of nitrogens with one attached hydrogen (secondary N) is 1. The summed E-state index contributed by atoms with van der Waals surface area (Å²) >= 11 is 0. The molecule has 3 fully saturated rings. The summed E-state index contributed by atoms with van der Waals surface area (Å²) in [7, 11) is 0. The van der Waals surface area contributed by atoms with Gasteiger partial charge in [-0.3, -0.25) is 14.7 Å². The van der Waals surface area contributed by atoms with E-state index in [1.165, 1.54) is 18.3 Å². The van der Waals surface area contributed by atoms with Crippen LogP contribution in [0.3, 0.4) is 0 Å². The van der Waals surface area contributed by atoms with Crippen molar-refractivity contribution < 1.29 is 18.3 Å². The molecule has 142 valence electrons. The van der Waals surface area contributed by atoms with Crippen molar-refractivity contribution in [3.8, 4) is 5.75 Å². The second kappa shape index (κ2) is 7.60. The van der Waals surface area contributed by atoms with Crippen molar-refractivity contribution in [1.29, 1.82) is 0 Å². The smallest absolute Gasteiger partial charge is 0.223 e. The summed E-state index contributed by atoms with van der Waals surface area (Å²) < 4.78 is 32.1. The van der Waals surface area contributed by atoms with Crippen molar-refractivity contribution in [2.24, 2.45) is 5.92 Å². The van der Waals surface area contributed by atoms with E-state index in [2.05, 4.69) is 15.2 Å². The third-order valence-corrected chi connectivity index (χ3v) is 5.30. The van der Waals surface area contributed by atoms with Crippen molar-refractivity contribution in [2.75, 3.05) is 13.2 Å². The number of hydrogen-bond acceptors (Lipinski definition) is 4. The van der Waals surface area contributed by atoms with Crippen molar-refractivity contribution in [3.05, 3.63) is 59.9 Å². The van der Waals surface area contributed by atoms with Crippen LogP contribution in [0.15, 0.2) is 42.7 Å². The molecule has 1 N–H and O–H groups in total. The molecule has 1 amide bonds. The summed E-state index contributed by atoms with van der Waals surface area (Å²) in [6.45, 7) is 1.65. The lowest BCUT2D eigenvalue weighted by atomic mass is 9.80. The van der Waals surface area contributed by atoms with Crippen molar-refractivity contribution >= 4 is 5.91 Å². The number of carbonyl (C=O) groups is 1. The van der Waals surface area contributed by atoms with Gasteiger partial charge in [0, 0.05) is 31.4 Å². The van der Waals surface area contributed by atoms with E-state index in [1.54, 1.807) is 24.4 Å². The fraction of sp³-hybridized carbons (Fsp3) is 0.400. The summed E-state index contributed by atoms with van der Waals surface area (Å²) in [6.07, 6.45) is 4.09. The highest BCUT2D eigenvalue weighted by atomic mass is 19.1. The van der Waals surface area contributed by atoms with Crippen molar-refractivity contribution in [2.45, 2.75) is 31.5 Å². The average Bonchev–Trinajstić information content (AvgIpc) is 3.19. The molecule has 2 saturated heterocycles. The molecule has 1 aromatic carbocycles. The molecule has 7 heteroatoms. The first-order valence-corrected chi connectivity index (χ1v) is 9.10. The first kappa shape index (κ1) is 17.9. The Morgan fingerprint density at radius 1 is 1.30 bits per heavy atom. The molecule has 2 aromatic rings. The molecule has 0 radical (unpaired) electrons. The number of rotatable bonds is 7. The molecule has 1 aromatic heterocycles. The quantitative estimate of drug-likeness (QED) is 0.810. The van der Waals surface area contributed by atoms with Gasteiger partial charge in [-0.1, -0.05) is 12.1 Å². The maximum atomic E-state index is 13.5. The normalized spacial score (nSPS) is 23.7. The predicted octanol–water partition coefficient (Wildman–Crippen LogP) is 2.52.